The molecule has 1 aliphatic rings. The van der Waals surface area contributed by atoms with E-state index in [0.717, 1.165) is 51.0 Å². The summed E-state index contributed by atoms with van der Waals surface area (Å²) in [5.74, 6) is 0.656. The molecule has 5 rings (SSSR count). The van der Waals surface area contributed by atoms with Crippen molar-refractivity contribution < 1.29 is 23.1 Å². The van der Waals surface area contributed by atoms with Gasteiger partial charge in [0.25, 0.3) is 0 Å². The first-order chi connectivity index (χ1) is 22.6. The zero-order chi connectivity index (χ0) is 34.9. The highest BCUT2D eigenvalue weighted by Gasteiger charge is 2.35. The maximum Gasteiger partial charge on any atom is 0.339 e. The van der Waals surface area contributed by atoms with E-state index in [1.54, 1.807) is 13.1 Å². The van der Waals surface area contributed by atoms with Crippen LogP contribution >= 0.6 is 11.8 Å². The van der Waals surface area contributed by atoms with Crippen molar-refractivity contribution in [1.82, 2.24) is 19.7 Å². The Morgan fingerprint density at radius 1 is 1.17 bits per heavy atom. The second-order valence-corrected chi connectivity index (χ2v) is 17.1. The molecule has 48 heavy (non-hydrogen) atoms. The molecule has 0 aliphatic carbocycles. The van der Waals surface area contributed by atoms with Gasteiger partial charge in [-0.2, -0.15) is 5.10 Å². The van der Waals surface area contributed by atoms with E-state index in [2.05, 4.69) is 30.6 Å². The van der Waals surface area contributed by atoms with Gasteiger partial charge in [0.2, 0.25) is 0 Å². The molecule has 9 nitrogen and oxygen atoms in total. The van der Waals surface area contributed by atoms with Crippen molar-refractivity contribution in [2.75, 3.05) is 18.1 Å². The number of nitrogens with one attached hydrogen (secondary N) is 1. The minimum Gasteiger partial charge on any atom is -0.464 e. The molecule has 0 spiro atoms. The quantitative estimate of drug-likeness (QED) is 0.218. The lowest BCUT2D eigenvalue weighted by Gasteiger charge is -2.30. The number of allylic oxidation sites excluding steroid dienone is 2. The molecule has 11 heteroatoms. The van der Waals surface area contributed by atoms with Crippen LogP contribution in [0.25, 0.3) is 16.5 Å². The van der Waals surface area contributed by atoms with Gasteiger partial charge in [0, 0.05) is 39.5 Å². The minimum absolute atomic E-state index is 0.0343. The third kappa shape index (κ3) is 7.63. The van der Waals surface area contributed by atoms with Crippen molar-refractivity contribution in [2.24, 2.45) is 12.5 Å². The predicted molar refractivity (Wildman–Crippen MR) is 192 cm³/mol. The van der Waals surface area contributed by atoms with Crippen LogP contribution in [0.4, 0.5) is 0 Å². The smallest absolute Gasteiger partial charge is 0.339 e. The molecule has 2 atom stereocenters. The summed E-state index contributed by atoms with van der Waals surface area (Å²) in [4.78, 5) is 22.3. The lowest BCUT2D eigenvalue weighted by Crippen LogP contribution is -2.29. The van der Waals surface area contributed by atoms with E-state index < -0.39 is 32.7 Å². The Bertz CT molecular complexity index is 1960. The Hall–Kier alpha value is -3.67. The number of aromatic nitrogens is 4. The molecule has 0 saturated heterocycles. The summed E-state index contributed by atoms with van der Waals surface area (Å²) < 4.78 is 34.4. The highest BCUT2D eigenvalue weighted by atomic mass is 32.2. The number of esters is 1. The second-order valence-electron chi connectivity index (χ2n) is 13.7. The highest BCUT2D eigenvalue weighted by molar-refractivity contribution is 8.03. The van der Waals surface area contributed by atoms with Crippen LogP contribution < -0.4 is 0 Å². The van der Waals surface area contributed by atoms with Gasteiger partial charge in [0.05, 0.1) is 23.5 Å². The fourth-order valence-electron chi connectivity index (χ4n) is 6.76. The Kier molecular flexibility index (Phi) is 10.4. The van der Waals surface area contributed by atoms with Crippen molar-refractivity contribution in [1.29, 1.82) is 0 Å². The third-order valence-corrected chi connectivity index (χ3v) is 12.2. The summed E-state index contributed by atoms with van der Waals surface area (Å²) in [7, 11) is -1.60. The van der Waals surface area contributed by atoms with Crippen LogP contribution in [0.5, 0.6) is 0 Å². The van der Waals surface area contributed by atoms with Gasteiger partial charge in [-0.25, -0.2) is 22.9 Å². The van der Waals surface area contributed by atoms with Crippen molar-refractivity contribution in [2.45, 2.75) is 76.7 Å². The van der Waals surface area contributed by atoms with Gasteiger partial charge in [0.15, 0.2) is 27.6 Å². The first kappa shape index (κ1) is 35.6. The molecule has 2 aromatic carbocycles. The van der Waals surface area contributed by atoms with Crippen LogP contribution in [-0.4, -0.2) is 57.4 Å². The van der Waals surface area contributed by atoms with E-state index >= 15 is 0 Å². The van der Waals surface area contributed by atoms with Crippen LogP contribution in [0.2, 0.25) is 0 Å². The molecule has 2 N–H and O–H groups in total. The maximum absolute atomic E-state index is 13.8. The number of aromatic amines is 1. The number of H-pyrrole nitrogens is 1. The molecule has 1 unspecified atom stereocenters. The van der Waals surface area contributed by atoms with Crippen molar-refractivity contribution >= 4 is 44.0 Å². The number of rotatable bonds is 4. The van der Waals surface area contributed by atoms with E-state index in [0.29, 0.717) is 22.9 Å². The van der Waals surface area contributed by atoms with E-state index in [1.165, 1.54) is 11.8 Å². The number of carbonyl (C=O) groups excluding carboxylic acids is 1. The van der Waals surface area contributed by atoms with E-state index in [1.807, 2.05) is 68.9 Å². The topological polar surface area (TPSA) is 127 Å². The number of ether oxygens (including phenoxy) is 1. The minimum atomic E-state index is -3.50. The van der Waals surface area contributed by atoms with Gasteiger partial charge in [-0.3, -0.25) is 0 Å². The summed E-state index contributed by atoms with van der Waals surface area (Å²) in [5.41, 5.74) is 2.83. The Balaban J connectivity index is 1.63. The number of sulfone groups is 1. The molecule has 256 valence electrons. The van der Waals surface area contributed by atoms with E-state index in [9.17, 15) is 18.3 Å². The van der Waals surface area contributed by atoms with Crippen molar-refractivity contribution in [3.05, 3.63) is 94.6 Å². The zero-order valence-corrected chi connectivity index (χ0v) is 30.3. The normalized spacial score (nSPS) is 22.1. The number of fused-ring (bicyclic) bond motifs is 5. The van der Waals surface area contributed by atoms with E-state index in [4.69, 9.17) is 14.8 Å². The van der Waals surface area contributed by atoms with E-state index in [-0.39, 0.29) is 24.5 Å². The number of aliphatic hydroxyl groups is 1. The van der Waals surface area contributed by atoms with Gasteiger partial charge >= 0.3 is 5.97 Å². The van der Waals surface area contributed by atoms with Gasteiger partial charge in [0.1, 0.15) is 0 Å². The van der Waals surface area contributed by atoms with Crippen LogP contribution in [0.1, 0.15) is 88.3 Å². The molecular weight excluding hydrogens is 645 g/mol. The van der Waals surface area contributed by atoms with Crippen LogP contribution in [0.15, 0.2) is 71.1 Å². The third-order valence-electron chi connectivity index (χ3n) is 9.19. The molecular formula is C37H46N4O5S2. The molecule has 0 amide bonds. The number of aliphatic hydroxyl groups excluding tert-OH is 1. The maximum atomic E-state index is 13.8. The molecule has 3 heterocycles. The Morgan fingerprint density at radius 2 is 1.90 bits per heavy atom. The number of carbonyl (C=O) groups is 1. The van der Waals surface area contributed by atoms with Gasteiger partial charge in [-0.1, -0.05) is 68.9 Å². The molecule has 0 radical (unpaired) electrons. The first-order valence-corrected chi connectivity index (χ1v) is 19.0. The van der Waals surface area contributed by atoms with Crippen LogP contribution in [0.3, 0.4) is 0 Å². The SMILES string of the molecule is C=C1/C=C(\C)c2nc(nn2C)[C@@](C)(c2ccccc2)CCCC(C)(C)CS(=O)(=O)CCc2c(ccc3[nH]cc(C(O)C(=O)OCC)c23)S1. The van der Waals surface area contributed by atoms with Crippen LogP contribution in [-0.2, 0) is 38.3 Å². The number of hydrogen-bond donors (Lipinski definition) is 2. The predicted octanol–water partition coefficient (Wildman–Crippen LogP) is 7.08. The average molecular weight is 691 g/mol. The summed E-state index contributed by atoms with van der Waals surface area (Å²) in [6.07, 6.45) is 4.47. The number of nitrogens with zero attached hydrogens (tertiary/aromatic N) is 3. The van der Waals surface area contributed by atoms with Crippen LogP contribution in [0, 0.1) is 5.41 Å². The van der Waals surface area contributed by atoms with Gasteiger partial charge < -0.3 is 14.8 Å². The standard InChI is InChI=1S/C37H46N4O5S2/c1-8-46-34(43)32(42)28-22-38-29-15-16-30-27(31(28)29)17-20-48(44,45)23-36(4,5)18-12-19-37(6,26-13-10-9-11-14-26)35-39-33(41(7)40-35)24(2)21-25(3)47-30/h9-11,13-16,21-22,32,38,42H,3,8,12,17-20,23H2,1-2,4-7H3/b24-21+/t32?,37-/m1/s1. The number of aryl methyl sites for hydroxylation is 2. The Morgan fingerprint density at radius 3 is 2.60 bits per heavy atom. The number of thioether (sulfide) groups is 1. The Labute approximate surface area is 287 Å². The second kappa shape index (κ2) is 14.1. The summed E-state index contributed by atoms with van der Waals surface area (Å²) in [5, 5.41) is 16.5. The molecule has 2 aromatic heterocycles. The fourth-order valence-corrected chi connectivity index (χ4v) is 9.74. The van der Waals surface area contributed by atoms with Crippen molar-refractivity contribution in [3.63, 3.8) is 0 Å². The lowest BCUT2D eigenvalue weighted by atomic mass is 9.75. The lowest BCUT2D eigenvalue weighted by molar-refractivity contribution is -0.153. The van der Waals surface area contributed by atoms with Gasteiger partial charge in [-0.15, -0.1) is 0 Å². The first-order valence-electron chi connectivity index (χ1n) is 16.3. The molecule has 0 fully saturated rings. The summed E-state index contributed by atoms with van der Waals surface area (Å²) >= 11 is 1.41. The van der Waals surface area contributed by atoms with Crippen molar-refractivity contribution in [3.8, 4) is 0 Å². The summed E-state index contributed by atoms with van der Waals surface area (Å²) in [6, 6.07) is 14.1. The summed E-state index contributed by atoms with van der Waals surface area (Å²) in [6.45, 7) is 14.3. The van der Waals surface area contributed by atoms with Gasteiger partial charge in [-0.05, 0) is 80.4 Å². The fraction of sp³-hybridized carbons (Fsp3) is 0.432. The molecule has 4 aromatic rings. The molecule has 0 saturated carbocycles. The number of benzene rings is 2. The molecule has 1 aliphatic heterocycles. The average Bonchev–Trinajstić information content (AvgIpc) is 3.63. The zero-order valence-electron chi connectivity index (χ0n) is 28.7. The molecule has 2 bridgehead atoms. The highest BCUT2D eigenvalue weighted by Crippen LogP contribution is 2.40. The largest absolute Gasteiger partial charge is 0.464 e. The monoisotopic (exact) mass is 690 g/mol. The number of hydrogen-bond acceptors (Lipinski definition) is 8.